The maximum atomic E-state index is 12.1. The highest BCUT2D eigenvalue weighted by atomic mass is 16.3. The van der Waals surface area contributed by atoms with Crippen molar-refractivity contribution in [1.82, 2.24) is 0 Å². The number of benzene rings is 1. The fourth-order valence-corrected chi connectivity index (χ4v) is 2.59. The number of aryl methyl sites for hydroxylation is 1. The SMILES string of the molecule is CCc1ccc(C(=O)CC2Cc3ccccc32)o1. The third kappa shape index (κ3) is 1.88. The highest BCUT2D eigenvalue weighted by Gasteiger charge is 2.28. The first-order valence-corrected chi connectivity index (χ1v) is 6.47. The van der Waals surface area contributed by atoms with E-state index in [1.165, 1.54) is 11.1 Å². The first-order valence-electron chi connectivity index (χ1n) is 6.47. The Morgan fingerprint density at radius 3 is 2.83 bits per heavy atom. The largest absolute Gasteiger partial charge is 0.458 e. The molecule has 1 aromatic carbocycles. The summed E-state index contributed by atoms with van der Waals surface area (Å²) in [5.41, 5.74) is 2.71. The van der Waals surface area contributed by atoms with Gasteiger partial charge in [0.05, 0.1) is 0 Å². The molecule has 0 aliphatic heterocycles. The summed E-state index contributed by atoms with van der Waals surface area (Å²) in [6.45, 7) is 2.02. The molecule has 18 heavy (non-hydrogen) atoms. The van der Waals surface area contributed by atoms with Crippen LogP contribution in [0.1, 0.15) is 46.7 Å². The van der Waals surface area contributed by atoms with E-state index in [-0.39, 0.29) is 5.78 Å². The monoisotopic (exact) mass is 240 g/mol. The highest BCUT2D eigenvalue weighted by molar-refractivity contribution is 5.94. The third-order valence-corrected chi connectivity index (χ3v) is 3.68. The second-order valence-corrected chi connectivity index (χ2v) is 4.85. The number of fused-ring (bicyclic) bond motifs is 1. The second kappa shape index (κ2) is 4.45. The lowest BCUT2D eigenvalue weighted by Crippen LogP contribution is -2.19. The molecule has 0 bridgehead atoms. The maximum Gasteiger partial charge on any atom is 0.198 e. The fraction of sp³-hybridized carbons (Fsp3) is 0.312. The molecule has 0 fully saturated rings. The van der Waals surface area contributed by atoms with Crippen molar-refractivity contribution in [2.75, 3.05) is 0 Å². The standard InChI is InChI=1S/C16H16O2/c1-2-13-7-8-16(18-13)15(17)10-12-9-11-5-3-4-6-14(11)12/h3-8,12H,2,9-10H2,1H3. The molecular weight excluding hydrogens is 224 g/mol. The lowest BCUT2D eigenvalue weighted by molar-refractivity contribution is 0.0941. The predicted molar refractivity (Wildman–Crippen MR) is 69.9 cm³/mol. The van der Waals surface area contributed by atoms with Gasteiger partial charge in [-0.25, -0.2) is 0 Å². The Labute approximate surface area is 107 Å². The Balaban J connectivity index is 1.70. The second-order valence-electron chi connectivity index (χ2n) is 4.85. The van der Waals surface area contributed by atoms with Gasteiger partial charge in [0, 0.05) is 12.8 Å². The van der Waals surface area contributed by atoms with Crippen molar-refractivity contribution in [3.8, 4) is 0 Å². The van der Waals surface area contributed by atoms with Gasteiger partial charge in [-0.05, 0) is 35.6 Å². The summed E-state index contributed by atoms with van der Waals surface area (Å²) in [6.07, 6.45) is 2.41. The predicted octanol–water partition coefficient (Wildman–Crippen LogP) is 3.75. The van der Waals surface area contributed by atoms with Crippen LogP contribution < -0.4 is 0 Å². The molecule has 92 valence electrons. The molecule has 0 amide bonds. The van der Waals surface area contributed by atoms with Gasteiger partial charge in [-0.1, -0.05) is 31.2 Å². The number of hydrogen-bond acceptors (Lipinski definition) is 2. The fourth-order valence-electron chi connectivity index (χ4n) is 2.59. The van der Waals surface area contributed by atoms with Crippen molar-refractivity contribution >= 4 is 5.78 Å². The highest BCUT2D eigenvalue weighted by Crippen LogP contribution is 2.37. The van der Waals surface area contributed by atoms with E-state index < -0.39 is 0 Å². The average Bonchev–Trinajstić information content (AvgIpc) is 2.84. The summed E-state index contributed by atoms with van der Waals surface area (Å²) in [5.74, 6) is 1.89. The van der Waals surface area contributed by atoms with Gasteiger partial charge in [-0.2, -0.15) is 0 Å². The normalized spacial score (nSPS) is 17.1. The van der Waals surface area contributed by atoms with E-state index in [2.05, 4.69) is 18.2 Å². The molecule has 0 N–H and O–H groups in total. The zero-order valence-corrected chi connectivity index (χ0v) is 10.5. The molecule has 1 heterocycles. The van der Waals surface area contributed by atoms with Crippen molar-refractivity contribution in [1.29, 1.82) is 0 Å². The molecule has 0 spiro atoms. The van der Waals surface area contributed by atoms with E-state index >= 15 is 0 Å². The van der Waals surface area contributed by atoms with Gasteiger partial charge in [-0.15, -0.1) is 0 Å². The molecule has 1 aliphatic rings. The van der Waals surface area contributed by atoms with E-state index in [0.717, 1.165) is 18.6 Å². The van der Waals surface area contributed by atoms with Crippen molar-refractivity contribution in [2.45, 2.75) is 32.1 Å². The van der Waals surface area contributed by atoms with Crippen LogP contribution in [-0.2, 0) is 12.8 Å². The quantitative estimate of drug-likeness (QED) is 0.762. The maximum absolute atomic E-state index is 12.1. The zero-order valence-electron chi connectivity index (χ0n) is 10.5. The molecule has 1 aliphatic carbocycles. The van der Waals surface area contributed by atoms with Crippen LogP contribution in [-0.4, -0.2) is 5.78 Å². The Morgan fingerprint density at radius 1 is 1.28 bits per heavy atom. The van der Waals surface area contributed by atoms with Crippen molar-refractivity contribution in [2.24, 2.45) is 0 Å². The first-order chi connectivity index (χ1) is 8.78. The molecule has 0 saturated heterocycles. The number of ketones is 1. The minimum Gasteiger partial charge on any atom is -0.458 e. The van der Waals surface area contributed by atoms with Gasteiger partial charge >= 0.3 is 0 Å². The molecule has 1 aromatic heterocycles. The molecular formula is C16H16O2. The number of furan rings is 1. The molecule has 2 nitrogen and oxygen atoms in total. The molecule has 3 rings (SSSR count). The minimum atomic E-state index is 0.120. The van der Waals surface area contributed by atoms with Gasteiger partial charge in [-0.3, -0.25) is 4.79 Å². The number of carbonyl (C=O) groups is 1. The molecule has 1 unspecified atom stereocenters. The molecule has 2 aromatic rings. The Morgan fingerprint density at radius 2 is 2.11 bits per heavy atom. The number of rotatable bonds is 4. The summed E-state index contributed by atoms with van der Waals surface area (Å²) in [5, 5.41) is 0. The molecule has 0 radical (unpaired) electrons. The van der Waals surface area contributed by atoms with Gasteiger partial charge in [0.2, 0.25) is 0 Å². The topological polar surface area (TPSA) is 30.2 Å². The first kappa shape index (κ1) is 11.3. The summed E-state index contributed by atoms with van der Waals surface area (Å²) < 4.78 is 5.50. The van der Waals surface area contributed by atoms with E-state index in [1.54, 1.807) is 6.07 Å². The van der Waals surface area contributed by atoms with Crippen LogP contribution in [0.2, 0.25) is 0 Å². The van der Waals surface area contributed by atoms with Crippen molar-refractivity contribution in [3.05, 3.63) is 59.0 Å². The minimum absolute atomic E-state index is 0.120. The zero-order chi connectivity index (χ0) is 12.5. The van der Waals surface area contributed by atoms with E-state index in [9.17, 15) is 4.79 Å². The van der Waals surface area contributed by atoms with Crippen LogP contribution in [0, 0.1) is 0 Å². The van der Waals surface area contributed by atoms with Gasteiger partial charge in [0.1, 0.15) is 5.76 Å². The molecule has 0 saturated carbocycles. The van der Waals surface area contributed by atoms with Gasteiger partial charge < -0.3 is 4.42 Å². The molecule has 1 atom stereocenters. The van der Waals surface area contributed by atoms with Crippen molar-refractivity contribution < 1.29 is 9.21 Å². The Bertz CT molecular complexity index is 580. The summed E-state index contributed by atoms with van der Waals surface area (Å²) in [4.78, 5) is 12.1. The number of hydrogen-bond donors (Lipinski definition) is 0. The van der Waals surface area contributed by atoms with Gasteiger partial charge in [0.25, 0.3) is 0 Å². The van der Waals surface area contributed by atoms with Crippen molar-refractivity contribution in [3.63, 3.8) is 0 Å². The van der Waals surface area contributed by atoms with Crippen LogP contribution >= 0.6 is 0 Å². The number of carbonyl (C=O) groups excluding carboxylic acids is 1. The van der Waals surface area contributed by atoms with Crippen LogP contribution in [0.25, 0.3) is 0 Å². The average molecular weight is 240 g/mol. The van der Waals surface area contributed by atoms with Crippen LogP contribution in [0.3, 0.4) is 0 Å². The van der Waals surface area contributed by atoms with E-state index in [1.807, 2.05) is 19.1 Å². The number of Topliss-reactive ketones (excluding diaryl/α,β-unsaturated/α-hetero) is 1. The third-order valence-electron chi connectivity index (χ3n) is 3.68. The van der Waals surface area contributed by atoms with E-state index in [4.69, 9.17) is 4.42 Å². The Hall–Kier alpha value is -1.83. The summed E-state index contributed by atoms with van der Waals surface area (Å²) in [6, 6.07) is 12.0. The summed E-state index contributed by atoms with van der Waals surface area (Å²) >= 11 is 0. The van der Waals surface area contributed by atoms with Crippen LogP contribution in [0.4, 0.5) is 0 Å². The summed E-state index contributed by atoms with van der Waals surface area (Å²) in [7, 11) is 0. The molecule has 2 heteroatoms. The van der Waals surface area contributed by atoms with Crippen LogP contribution in [0.15, 0.2) is 40.8 Å². The van der Waals surface area contributed by atoms with Crippen LogP contribution in [0.5, 0.6) is 0 Å². The van der Waals surface area contributed by atoms with Gasteiger partial charge in [0.15, 0.2) is 11.5 Å². The Kier molecular flexibility index (Phi) is 2.78. The van der Waals surface area contributed by atoms with E-state index in [0.29, 0.717) is 18.1 Å². The smallest absolute Gasteiger partial charge is 0.198 e. The lowest BCUT2D eigenvalue weighted by atomic mass is 9.75. The lowest BCUT2D eigenvalue weighted by Gasteiger charge is -2.29.